The van der Waals surface area contributed by atoms with Crippen LogP contribution in [0.5, 0.6) is 0 Å². The Kier molecular flexibility index (Phi) is 5.51. The zero-order valence-corrected chi connectivity index (χ0v) is 16.6. The number of nitrogens with one attached hydrogen (secondary N) is 2. The molecule has 1 saturated heterocycles. The van der Waals surface area contributed by atoms with E-state index in [0.29, 0.717) is 22.9 Å². The zero-order valence-electron chi connectivity index (χ0n) is 15.8. The van der Waals surface area contributed by atoms with Crippen LogP contribution in [0.25, 0.3) is 0 Å². The van der Waals surface area contributed by atoms with Crippen LogP contribution >= 0.6 is 11.3 Å². The maximum absolute atomic E-state index is 12.4. The number of carbonyl (C=O) groups excluding carboxylic acids is 3. The zero-order chi connectivity index (χ0) is 19.7. The Morgan fingerprint density at radius 3 is 2.85 bits per heavy atom. The minimum absolute atomic E-state index is 0.256. The average Bonchev–Trinajstić information content (AvgIpc) is 3.05. The molecule has 0 bridgehead atoms. The molecule has 8 heteroatoms. The summed E-state index contributed by atoms with van der Waals surface area (Å²) in [5.41, 5.74) is 1.55. The molecule has 27 heavy (non-hydrogen) atoms. The van der Waals surface area contributed by atoms with Crippen LogP contribution in [-0.4, -0.2) is 35.3 Å². The average molecular weight is 388 g/mol. The molecule has 2 aliphatic rings. The van der Waals surface area contributed by atoms with Crippen molar-refractivity contribution >= 4 is 34.2 Å². The summed E-state index contributed by atoms with van der Waals surface area (Å²) < 4.78 is 0. The second kappa shape index (κ2) is 7.69. The van der Waals surface area contributed by atoms with Gasteiger partial charge >= 0.3 is 6.03 Å². The lowest BCUT2D eigenvalue weighted by Crippen LogP contribution is -2.38. The maximum Gasteiger partial charge on any atom is 0.325 e. The predicted octanol–water partition coefficient (Wildman–Crippen LogP) is 2.65. The minimum Gasteiger partial charge on any atom is -0.326 e. The normalized spacial score (nSPS) is 21.8. The number of imide groups is 1. The van der Waals surface area contributed by atoms with Crippen LogP contribution in [0.4, 0.5) is 9.80 Å². The highest BCUT2D eigenvalue weighted by atomic mass is 32.1. The fourth-order valence-corrected chi connectivity index (χ4v) is 5.00. The molecule has 4 amide bonds. The van der Waals surface area contributed by atoms with E-state index < -0.39 is 18.0 Å². The van der Waals surface area contributed by atoms with Crippen LogP contribution in [0.15, 0.2) is 0 Å². The summed E-state index contributed by atoms with van der Waals surface area (Å²) in [6.45, 7) is 5.77. The summed E-state index contributed by atoms with van der Waals surface area (Å²) in [6.07, 6.45) is 3.33. The summed E-state index contributed by atoms with van der Waals surface area (Å²) in [5.74, 6) is -0.0170. The SMILES string of the molecule is CC(C)C[C@H]1NC(=O)N(CC(=O)Nc2sc3c(c2C#N)CC[C@@H](C)C3)C1=O. The summed E-state index contributed by atoms with van der Waals surface area (Å²) >= 11 is 1.43. The Morgan fingerprint density at radius 2 is 2.19 bits per heavy atom. The van der Waals surface area contributed by atoms with Crippen molar-refractivity contribution < 1.29 is 14.4 Å². The van der Waals surface area contributed by atoms with E-state index in [2.05, 4.69) is 23.6 Å². The highest BCUT2D eigenvalue weighted by molar-refractivity contribution is 7.16. The van der Waals surface area contributed by atoms with Crippen LogP contribution in [0.2, 0.25) is 0 Å². The third-order valence-corrected chi connectivity index (χ3v) is 6.16. The summed E-state index contributed by atoms with van der Waals surface area (Å²) in [4.78, 5) is 39.0. The third-order valence-electron chi connectivity index (χ3n) is 4.99. The molecule has 1 aromatic heterocycles. The number of urea groups is 1. The topological polar surface area (TPSA) is 102 Å². The van der Waals surface area contributed by atoms with Gasteiger partial charge in [-0.3, -0.25) is 14.5 Å². The van der Waals surface area contributed by atoms with E-state index in [1.807, 2.05) is 13.8 Å². The smallest absolute Gasteiger partial charge is 0.325 e. The van der Waals surface area contributed by atoms with E-state index in [0.717, 1.165) is 34.6 Å². The first-order valence-electron chi connectivity index (χ1n) is 9.26. The number of nitriles is 1. The first kappa shape index (κ1) is 19.4. The maximum atomic E-state index is 12.4. The summed E-state index contributed by atoms with van der Waals surface area (Å²) in [6, 6.07) is 1.08. The van der Waals surface area contributed by atoms with Gasteiger partial charge in [0.1, 0.15) is 23.7 Å². The first-order chi connectivity index (χ1) is 12.8. The summed E-state index contributed by atoms with van der Waals surface area (Å²) in [7, 11) is 0. The van der Waals surface area contributed by atoms with Crippen LogP contribution < -0.4 is 10.6 Å². The van der Waals surface area contributed by atoms with E-state index in [9.17, 15) is 19.6 Å². The van der Waals surface area contributed by atoms with Gasteiger partial charge in [0.2, 0.25) is 5.91 Å². The molecule has 2 heterocycles. The van der Waals surface area contributed by atoms with Gasteiger partial charge in [-0.25, -0.2) is 4.79 Å². The number of thiophene rings is 1. The van der Waals surface area contributed by atoms with Crippen LogP contribution in [-0.2, 0) is 22.4 Å². The van der Waals surface area contributed by atoms with Crippen LogP contribution in [0.3, 0.4) is 0 Å². The Balaban J connectivity index is 1.69. The molecule has 0 unspecified atom stereocenters. The Labute approximate surface area is 162 Å². The van der Waals surface area contributed by atoms with Crippen molar-refractivity contribution in [2.75, 3.05) is 11.9 Å². The quantitative estimate of drug-likeness (QED) is 0.757. The van der Waals surface area contributed by atoms with Gasteiger partial charge in [-0.15, -0.1) is 11.3 Å². The van der Waals surface area contributed by atoms with E-state index in [4.69, 9.17) is 0 Å². The molecule has 1 aliphatic heterocycles. The van der Waals surface area contributed by atoms with Crippen LogP contribution in [0, 0.1) is 23.2 Å². The molecule has 0 spiro atoms. The van der Waals surface area contributed by atoms with Crippen molar-refractivity contribution in [2.24, 2.45) is 11.8 Å². The Morgan fingerprint density at radius 1 is 1.44 bits per heavy atom. The number of nitrogens with zero attached hydrogens (tertiary/aromatic N) is 2. The second-order valence-corrected chi connectivity index (χ2v) is 8.88. The van der Waals surface area contributed by atoms with Gasteiger partial charge in [-0.1, -0.05) is 20.8 Å². The van der Waals surface area contributed by atoms with E-state index >= 15 is 0 Å². The highest BCUT2D eigenvalue weighted by Crippen LogP contribution is 2.39. The van der Waals surface area contributed by atoms with Gasteiger partial charge in [-0.05, 0) is 43.1 Å². The molecule has 1 aliphatic carbocycles. The lowest BCUT2D eigenvalue weighted by molar-refractivity contribution is -0.131. The number of fused-ring (bicyclic) bond motifs is 1. The van der Waals surface area contributed by atoms with Crippen LogP contribution in [0.1, 0.15) is 49.6 Å². The van der Waals surface area contributed by atoms with Gasteiger partial charge in [0.15, 0.2) is 0 Å². The van der Waals surface area contributed by atoms with E-state index in [1.54, 1.807) is 0 Å². The molecular formula is C19H24N4O3S. The number of rotatable bonds is 5. The van der Waals surface area contributed by atoms with Crippen molar-refractivity contribution in [1.82, 2.24) is 10.2 Å². The predicted molar refractivity (Wildman–Crippen MR) is 102 cm³/mol. The minimum atomic E-state index is -0.574. The van der Waals surface area contributed by atoms with Crippen molar-refractivity contribution in [3.05, 3.63) is 16.0 Å². The van der Waals surface area contributed by atoms with Gasteiger partial charge in [0, 0.05) is 4.88 Å². The van der Waals surface area contributed by atoms with Crippen molar-refractivity contribution in [1.29, 1.82) is 5.26 Å². The summed E-state index contributed by atoms with van der Waals surface area (Å²) in [5, 5.41) is 15.4. The molecule has 2 N–H and O–H groups in total. The number of hydrogen-bond acceptors (Lipinski definition) is 5. The third kappa shape index (κ3) is 3.98. The van der Waals surface area contributed by atoms with Gasteiger partial charge in [0.05, 0.1) is 5.56 Å². The number of amides is 4. The molecule has 3 rings (SSSR count). The molecule has 0 radical (unpaired) electrons. The first-order valence-corrected chi connectivity index (χ1v) is 10.1. The molecule has 1 aromatic rings. The fraction of sp³-hybridized carbons (Fsp3) is 0.579. The molecule has 0 saturated carbocycles. The molecule has 2 atom stereocenters. The standard InChI is InChI=1S/C19H24N4O3S/c1-10(2)6-14-18(25)23(19(26)21-14)9-16(24)22-17-13(8-20)12-5-4-11(3)7-15(12)27-17/h10-11,14H,4-7,9H2,1-3H3,(H,21,26)(H,22,24)/t11-,14-/m1/s1. The molecule has 144 valence electrons. The van der Waals surface area contributed by atoms with Crippen molar-refractivity contribution in [3.8, 4) is 6.07 Å². The second-order valence-electron chi connectivity index (χ2n) is 7.77. The number of hydrogen-bond donors (Lipinski definition) is 2. The Bertz CT molecular complexity index is 824. The molecule has 7 nitrogen and oxygen atoms in total. The number of anilines is 1. The monoisotopic (exact) mass is 388 g/mol. The largest absolute Gasteiger partial charge is 0.326 e. The molecular weight excluding hydrogens is 364 g/mol. The fourth-order valence-electron chi connectivity index (χ4n) is 3.62. The Hall–Kier alpha value is -2.40. The lowest BCUT2D eigenvalue weighted by atomic mass is 9.89. The van der Waals surface area contributed by atoms with E-state index in [1.165, 1.54) is 11.3 Å². The van der Waals surface area contributed by atoms with Gasteiger partial charge < -0.3 is 10.6 Å². The van der Waals surface area contributed by atoms with Crippen molar-refractivity contribution in [2.45, 2.75) is 52.5 Å². The number of carbonyl (C=O) groups is 3. The van der Waals surface area contributed by atoms with Gasteiger partial charge in [-0.2, -0.15) is 5.26 Å². The van der Waals surface area contributed by atoms with Gasteiger partial charge in [0.25, 0.3) is 5.91 Å². The van der Waals surface area contributed by atoms with E-state index in [-0.39, 0.29) is 18.4 Å². The molecule has 1 fully saturated rings. The molecule has 0 aromatic carbocycles. The lowest BCUT2D eigenvalue weighted by Gasteiger charge is -2.17. The highest BCUT2D eigenvalue weighted by Gasteiger charge is 2.39. The van der Waals surface area contributed by atoms with Crippen molar-refractivity contribution in [3.63, 3.8) is 0 Å².